The van der Waals surface area contributed by atoms with Crippen LogP contribution in [0.2, 0.25) is 0 Å². The zero-order valence-electron chi connectivity index (χ0n) is 6.90. The first-order chi connectivity index (χ1) is 4.93. The van der Waals surface area contributed by atoms with Crippen LogP contribution in [0, 0.1) is 0 Å². The summed E-state index contributed by atoms with van der Waals surface area (Å²) in [7, 11) is 0. The predicted molar refractivity (Wildman–Crippen MR) is 55.7 cm³/mol. The number of nitrogens with zero attached hydrogens (tertiary/aromatic N) is 2. The molecule has 0 unspecified atom stereocenters. The first-order valence-electron chi connectivity index (χ1n) is 3.66. The highest BCUT2D eigenvalue weighted by molar-refractivity contribution is 5.85. The van der Waals surface area contributed by atoms with E-state index in [0.717, 1.165) is 13.1 Å². The zero-order valence-corrected chi connectivity index (χ0v) is 8.53. The van der Waals surface area contributed by atoms with Gasteiger partial charge in [-0.15, -0.1) is 24.8 Å². The van der Waals surface area contributed by atoms with Crippen molar-refractivity contribution in [3.8, 4) is 0 Å². The third kappa shape index (κ3) is 5.46. The number of nitrogens with one attached hydrogen (secondary N) is 1. The van der Waals surface area contributed by atoms with Crippen molar-refractivity contribution >= 4 is 31.2 Å². The van der Waals surface area contributed by atoms with Gasteiger partial charge in [-0.2, -0.15) is 5.10 Å². The molecule has 0 bridgehead atoms. The molecule has 3 N–H and O–H groups in total. The molecule has 0 aliphatic carbocycles. The Labute approximate surface area is 85.3 Å². The summed E-state index contributed by atoms with van der Waals surface area (Å²) in [6, 6.07) is 0. The maximum absolute atomic E-state index is 4.97. The lowest BCUT2D eigenvalue weighted by Gasteiger charge is -2.23. The normalized spacial score (nSPS) is 16.6. The summed E-state index contributed by atoms with van der Waals surface area (Å²) in [6.07, 6.45) is 5.66. The summed E-state index contributed by atoms with van der Waals surface area (Å²) in [5.74, 6) is 4.97. The molecule has 6 heteroatoms. The third-order valence-corrected chi connectivity index (χ3v) is 1.69. The van der Waals surface area contributed by atoms with Crippen LogP contribution in [-0.4, -0.2) is 24.3 Å². The van der Waals surface area contributed by atoms with Gasteiger partial charge in [-0.3, -0.25) is 0 Å². The summed E-state index contributed by atoms with van der Waals surface area (Å²) in [4.78, 5) is 2.17. The molecule has 0 aromatic heterocycles. The van der Waals surface area contributed by atoms with E-state index in [1.807, 2.05) is 0 Å². The number of likely N-dealkylation sites (tertiary alicyclic amines) is 1. The predicted octanol–water partition coefficient (Wildman–Crippen LogP) is 0.722. The fourth-order valence-electron chi connectivity index (χ4n) is 1.15. The van der Waals surface area contributed by atoms with Gasteiger partial charge < -0.3 is 4.90 Å². The quantitative estimate of drug-likeness (QED) is 0.309. The van der Waals surface area contributed by atoms with E-state index < -0.39 is 0 Å². The molecule has 74 valence electrons. The van der Waals surface area contributed by atoms with E-state index in [-0.39, 0.29) is 24.8 Å². The molecule has 1 heterocycles. The van der Waals surface area contributed by atoms with Gasteiger partial charge >= 0.3 is 0 Å². The van der Waals surface area contributed by atoms with E-state index in [4.69, 9.17) is 5.84 Å². The number of hydrazone groups is 1. The van der Waals surface area contributed by atoms with Crippen LogP contribution in [0.5, 0.6) is 0 Å². The second-order valence-electron chi connectivity index (χ2n) is 2.47. The number of hydrogen-bond donors (Lipinski definition) is 2. The molecule has 0 saturated carbocycles. The van der Waals surface area contributed by atoms with Crippen molar-refractivity contribution in [2.45, 2.75) is 19.3 Å². The molecule has 1 aliphatic rings. The van der Waals surface area contributed by atoms with Gasteiger partial charge in [-0.05, 0) is 19.3 Å². The highest BCUT2D eigenvalue weighted by Crippen LogP contribution is 2.05. The molecule has 1 rings (SSSR count). The van der Waals surface area contributed by atoms with Gasteiger partial charge in [-0.1, -0.05) is 0 Å². The number of hydrazine groups is 1. The molecular weight excluding hydrogens is 199 g/mol. The van der Waals surface area contributed by atoms with Crippen LogP contribution in [0.3, 0.4) is 0 Å². The van der Waals surface area contributed by atoms with Gasteiger partial charge in [0.05, 0.1) is 0 Å². The van der Waals surface area contributed by atoms with Crippen LogP contribution < -0.4 is 11.4 Å². The summed E-state index contributed by atoms with van der Waals surface area (Å²) in [5, 5.41) is 3.72. The minimum Gasteiger partial charge on any atom is -0.361 e. The topological polar surface area (TPSA) is 53.6 Å². The molecule has 4 nitrogen and oxygen atoms in total. The van der Waals surface area contributed by atoms with Gasteiger partial charge in [0, 0.05) is 13.1 Å². The van der Waals surface area contributed by atoms with E-state index in [1.165, 1.54) is 19.3 Å². The van der Waals surface area contributed by atoms with Gasteiger partial charge in [0.1, 0.15) is 6.34 Å². The summed E-state index contributed by atoms with van der Waals surface area (Å²) < 4.78 is 0. The Bertz CT molecular complexity index is 114. The van der Waals surface area contributed by atoms with Crippen molar-refractivity contribution in [2.24, 2.45) is 10.9 Å². The van der Waals surface area contributed by atoms with Crippen molar-refractivity contribution in [1.29, 1.82) is 0 Å². The number of hydrogen-bond acceptors (Lipinski definition) is 3. The average Bonchev–Trinajstić information content (AvgIpc) is 2.03. The van der Waals surface area contributed by atoms with Crippen LogP contribution in [0.1, 0.15) is 19.3 Å². The molecule has 1 aliphatic heterocycles. The lowest BCUT2D eigenvalue weighted by atomic mass is 10.1. The van der Waals surface area contributed by atoms with Crippen LogP contribution >= 0.6 is 24.8 Å². The highest BCUT2D eigenvalue weighted by atomic mass is 35.5. The van der Waals surface area contributed by atoms with E-state index in [0.29, 0.717) is 0 Å². The summed E-state index contributed by atoms with van der Waals surface area (Å²) in [6.45, 7) is 2.23. The fourth-order valence-corrected chi connectivity index (χ4v) is 1.15. The summed E-state index contributed by atoms with van der Waals surface area (Å²) >= 11 is 0. The smallest absolute Gasteiger partial charge is 0.112 e. The van der Waals surface area contributed by atoms with E-state index in [2.05, 4.69) is 15.5 Å². The Kier molecular flexibility index (Phi) is 10.6. The number of nitrogens with two attached hydrogens (primary N) is 1. The standard InChI is InChI=1S/C6H14N4.2ClH/c7-9-8-6-10-4-2-1-3-5-10;;/h6,9H,1-5,7H2;2*1H. The van der Waals surface area contributed by atoms with Crippen molar-refractivity contribution in [3.05, 3.63) is 0 Å². The summed E-state index contributed by atoms with van der Waals surface area (Å²) in [5.41, 5.74) is 2.24. The van der Waals surface area contributed by atoms with E-state index >= 15 is 0 Å². The Morgan fingerprint density at radius 1 is 1.17 bits per heavy atom. The molecule has 0 amide bonds. The Morgan fingerprint density at radius 3 is 2.25 bits per heavy atom. The second kappa shape index (κ2) is 8.90. The van der Waals surface area contributed by atoms with E-state index in [1.54, 1.807) is 6.34 Å². The Morgan fingerprint density at radius 2 is 1.75 bits per heavy atom. The van der Waals surface area contributed by atoms with Crippen molar-refractivity contribution < 1.29 is 0 Å². The molecule has 1 fully saturated rings. The third-order valence-electron chi connectivity index (χ3n) is 1.69. The maximum atomic E-state index is 4.97. The van der Waals surface area contributed by atoms with Crippen LogP contribution in [0.15, 0.2) is 5.10 Å². The lowest BCUT2D eigenvalue weighted by molar-refractivity contribution is 0.349. The average molecular weight is 215 g/mol. The van der Waals surface area contributed by atoms with Gasteiger partial charge in [-0.25, -0.2) is 11.4 Å². The highest BCUT2D eigenvalue weighted by Gasteiger charge is 2.04. The first kappa shape index (κ1) is 14.3. The molecule has 12 heavy (non-hydrogen) atoms. The number of rotatable bonds is 2. The number of piperidine rings is 1. The first-order valence-corrected chi connectivity index (χ1v) is 3.66. The van der Waals surface area contributed by atoms with Crippen LogP contribution in [0.4, 0.5) is 0 Å². The van der Waals surface area contributed by atoms with Gasteiger partial charge in [0.15, 0.2) is 0 Å². The minimum absolute atomic E-state index is 0. The molecule has 0 radical (unpaired) electrons. The van der Waals surface area contributed by atoms with Crippen molar-refractivity contribution in [2.75, 3.05) is 13.1 Å². The second-order valence-corrected chi connectivity index (χ2v) is 2.47. The molecule has 0 aromatic rings. The molecule has 0 aromatic carbocycles. The van der Waals surface area contributed by atoms with Gasteiger partial charge in [0.25, 0.3) is 0 Å². The van der Waals surface area contributed by atoms with Gasteiger partial charge in [0.2, 0.25) is 0 Å². The maximum Gasteiger partial charge on any atom is 0.112 e. The van der Waals surface area contributed by atoms with Crippen LogP contribution in [0.25, 0.3) is 0 Å². The monoisotopic (exact) mass is 214 g/mol. The zero-order chi connectivity index (χ0) is 7.23. The fraction of sp³-hybridized carbons (Fsp3) is 0.833. The Hall–Kier alpha value is -0.190. The number of halogens is 2. The molecular formula is C6H16Cl2N4. The SMILES string of the molecule is Cl.Cl.NNN=CN1CCCCC1. The largest absolute Gasteiger partial charge is 0.361 e. The minimum atomic E-state index is 0. The Balaban J connectivity index is 0. The molecule has 1 saturated heterocycles. The van der Waals surface area contributed by atoms with Crippen LogP contribution in [-0.2, 0) is 0 Å². The molecule has 0 atom stereocenters. The van der Waals surface area contributed by atoms with E-state index in [9.17, 15) is 0 Å². The lowest BCUT2D eigenvalue weighted by Crippen LogP contribution is -2.29. The molecule has 0 spiro atoms. The van der Waals surface area contributed by atoms with Crippen molar-refractivity contribution in [1.82, 2.24) is 10.4 Å². The van der Waals surface area contributed by atoms with Crippen molar-refractivity contribution in [3.63, 3.8) is 0 Å².